The van der Waals surface area contributed by atoms with Crippen LogP contribution in [0.1, 0.15) is 31.7 Å². The maximum absolute atomic E-state index is 8.80. The van der Waals surface area contributed by atoms with Crippen LogP contribution in [0.15, 0.2) is 18.2 Å². The molecule has 2 rings (SSSR count). The highest BCUT2D eigenvalue weighted by molar-refractivity contribution is 5.42. The fourth-order valence-electron chi connectivity index (χ4n) is 2.75. The average Bonchev–Trinajstić information content (AvgIpc) is 2.89. The molecular formula is C16H25NO3. The minimum absolute atomic E-state index is 0.00628. The van der Waals surface area contributed by atoms with Crippen molar-refractivity contribution in [2.45, 2.75) is 38.8 Å². The summed E-state index contributed by atoms with van der Waals surface area (Å²) in [5, 5.41) is 12.4. The van der Waals surface area contributed by atoms with Gasteiger partial charge >= 0.3 is 0 Å². The lowest BCUT2D eigenvalue weighted by Gasteiger charge is -2.14. The van der Waals surface area contributed by atoms with E-state index in [9.17, 15) is 0 Å². The second-order valence-electron chi connectivity index (χ2n) is 5.55. The maximum atomic E-state index is 8.80. The zero-order valence-electron chi connectivity index (χ0n) is 12.4. The van der Waals surface area contributed by atoms with E-state index < -0.39 is 0 Å². The molecule has 1 saturated carbocycles. The summed E-state index contributed by atoms with van der Waals surface area (Å²) >= 11 is 0. The van der Waals surface area contributed by atoms with Crippen molar-refractivity contribution < 1.29 is 14.6 Å². The quantitative estimate of drug-likeness (QED) is 0.804. The molecule has 0 spiro atoms. The molecule has 4 nitrogen and oxygen atoms in total. The van der Waals surface area contributed by atoms with Crippen molar-refractivity contribution in [3.63, 3.8) is 0 Å². The van der Waals surface area contributed by atoms with Gasteiger partial charge in [-0.25, -0.2) is 0 Å². The van der Waals surface area contributed by atoms with Crippen LogP contribution in [0.5, 0.6) is 11.5 Å². The molecule has 112 valence electrons. The van der Waals surface area contributed by atoms with Gasteiger partial charge in [0, 0.05) is 12.6 Å². The number of ether oxygens (including phenoxy) is 2. The van der Waals surface area contributed by atoms with Crippen molar-refractivity contribution in [3.8, 4) is 11.5 Å². The first kappa shape index (κ1) is 15.1. The van der Waals surface area contributed by atoms with Crippen molar-refractivity contribution in [3.05, 3.63) is 23.8 Å². The van der Waals surface area contributed by atoms with Gasteiger partial charge in [0.2, 0.25) is 0 Å². The van der Waals surface area contributed by atoms with Gasteiger partial charge in [-0.2, -0.15) is 0 Å². The third kappa shape index (κ3) is 4.12. The summed E-state index contributed by atoms with van der Waals surface area (Å²) in [4.78, 5) is 0. The number of rotatable bonds is 7. The molecular weight excluding hydrogens is 254 g/mol. The molecule has 1 aromatic carbocycles. The van der Waals surface area contributed by atoms with Crippen LogP contribution in [0, 0.1) is 5.92 Å². The van der Waals surface area contributed by atoms with Crippen LogP contribution in [0.3, 0.4) is 0 Å². The molecule has 0 saturated heterocycles. The minimum atomic E-state index is 0.00628. The molecule has 1 aromatic rings. The maximum Gasteiger partial charge on any atom is 0.161 e. The molecule has 2 atom stereocenters. The summed E-state index contributed by atoms with van der Waals surface area (Å²) in [7, 11) is 1.64. The van der Waals surface area contributed by atoms with Gasteiger partial charge in [-0.15, -0.1) is 0 Å². The molecule has 0 radical (unpaired) electrons. The number of methoxy groups -OCH3 is 1. The Morgan fingerprint density at radius 1 is 1.30 bits per heavy atom. The Bertz CT molecular complexity index is 422. The molecule has 0 amide bonds. The summed E-state index contributed by atoms with van der Waals surface area (Å²) in [6.45, 7) is 3.46. The van der Waals surface area contributed by atoms with Crippen molar-refractivity contribution in [2.75, 3.05) is 20.3 Å². The van der Waals surface area contributed by atoms with Gasteiger partial charge in [-0.3, -0.25) is 0 Å². The van der Waals surface area contributed by atoms with Gasteiger partial charge in [-0.05, 0) is 42.9 Å². The molecule has 0 aromatic heterocycles. The fraction of sp³-hybridized carbons (Fsp3) is 0.625. The Labute approximate surface area is 121 Å². The summed E-state index contributed by atoms with van der Waals surface area (Å²) in [5.74, 6) is 2.24. The van der Waals surface area contributed by atoms with Crippen molar-refractivity contribution >= 4 is 0 Å². The third-order valence-corrected chi connectivity index (χ3v) is 3.87. The Morgan fingerprint density at radius 3 is 2.80 bits per heavy atom. The van der Waals surface area contributed by atoms with E-state index in [1.165, 1.54) is 24.8 Å². The predicted molar refractivity (Wildman–Crippen MR) is 79.2 cm³/mol. The van der Waals surface area contributed by atoms with Crippen LogP contribution in [0.2, 0.25) is 0 Å². The van der Waals surface area contributed by atoms with Gasteiger partial charge < -0.3 is 19.9 Å². The summed E-state index contributed by atoms with van der Waals surface area (Å²) < 4.78 is 10.8. The molecule has 4 heteroatoms. The van der Waals surface area contributed by atoms with E-state index in [4.69, 9.17) is 14.6 Å². The van der Waals surface area contributed by atoms with Gasteiger partial charge in [-0.1, -0.05) is 13.0 Å². The number of aliphatic hydroxyl groups excluding tert-OH is 1. The molecule has 1 fully saturated rings. The van der Waals surface area contributed by atoms with E-state index in [1.807, 2.05) is 18.2 Å². The summed E-state index contributed by atoms with van der Waals surface area (Å²) in [5.41, 5.74) is 1.19. The zero-order valence-corrected chi connectivity index (χ0v) is 12.4. The van der Waals surface area contributed by atoms with Crippen LogP contribution in [-0.4, -0.2) is 31.5 Å². The first-order chi connectivity index (χ1) is 9.72. The first-order valence-electron chi connectivity index (χ1n) is 7.37. The summed E-state index contributed by atoms with van der Waals surface area (Å²) in [6, 6.07) is 6.59. The van der Waals surface area contributed by atoms with E-state index in [2.05, 4.69) is 12.2 Å². The highest BCUT2D eigenvalue weighted by Gasteiger charge is 2.20. The van der Waals surface area contributed by atoms with Gasteiger partial charge in [0.05, 0.1) is 13.7 Å². The van der Waals surface area contributed by atoms with Gasteiger partial charge in [0.25, 0.3) is 0 Å². The van der Waals surface area contributed by atoms with Gasteiger partial charge in [0.1, 0.15) is 6.61 Å². The van der Waals surface area contributed by atoms with E-state index in [1.54, 1.807) is 7.11 Å². The first-order valence-corrected chi connectivity index (χ1v) is 7.37. The Hall–Kier alpha value is -1.26. The molecule has 2 N–H and O–H groups in total. The van der Waals surface area contributed by atoms with Crippen LogP contribution < -0.4 is 14.8 Å². The molecule has 20 heavy (non-hydrogen) atoms. The van der Waals surface area contributed by atoms with E-state index in [-0.39, 0.29) is 13.2 Å². The predicted octanol–water partition coefficient (Wildman–Crippen LogP) is 2.34. The number of hydrogen-bond donors (Lipinski definition) is 2. The Morgan fingerprint density at radius 2 is 2.15 bits per heavy atom. The molecule has 2 unspecified atom stereocenters. The third-order valence-electron chi connectivity index (χ3n) is 3.87. The molecule has 0 bridgehead atoms. The SMILES string of the molecule is COc1cc(CNC2CCC(C)C2)ccc1OCCO. The lowest BCUT2D eigenvalue weighted by molar-refractivity contribution is 0.196. The highest BCUT2D eigenvalue weighted by Crippen LogP contribution is 2.29. The zero-order chi connectivity index (χ0) is 14.4. The molecule has 1 aliphatic carbocycles. The van der Waals surface area contributed by atoms with E-state index >= 15 is 0 Å². The highest BCUT2D eigenvalue weighted by atomic mass is 16.5. The monoisotopic (exact) mass is 279 g/mol. The van der Waals surface area contributed by atoms with Crippen LogP contribution in [-0.2, 0) is 6.54 Å². The largest absolute Gasteiger partial charge is 0.493 e. The second kappa shape index (κ2) is 7.50. The lowest BCUT2D eigenvalue weighted by atomic mass is 10.1. The van der Waals surface area contributed by atoms with Crippen molar-refractivity contribution in [1.82, 2.24) is 5.32 Å². The van der Waals surface area contributed by atoms with E-state index in [0.29, 0.717) is 11.8 Å². The summed E-state index contributed by atoms with van der Waals surface area (Å²) in [6.07, 6.45) is 3.87. The van der Waals surface area contributed by atoms with Gasteiger partial charge in [0.15, 0.2) is 11.5 Å². The molecule has 0 heterocycles. The number of nitrogens with one attached hydrogen (secondary N) is 1. The molecule has 1 aliphatic rings. The fourth-order valence-corrected chi connectivity index (χ4v) is 2.75. The minimum Gasteiger partial charge on any atom is -0.493 e. The standard InChI is InChI=1S/C16H25NO3/c1-12-3-5-14(9-12)17-11-13-4-6-15(20-8-7-18)16(10-13)19-2/h4,6,10,12,14,17-18H,3,5,7-9,11H2,1-2H3. The number of hydrogen-bond acceptors (Lipinski definition) is 4. The number of benzene rings is 1. The Balaban J connectivity index is 1.91. The normalized spacial score (nSPS) is 21.9. The second-order valence-corrected chi connectivity index (χ2v) is 5.55. The molecule has 0 aliphatic heterocycles. The van der Waals surface area contributed by atoms with Crippen molar-refractivity contribution in [1.29, 1.82) is 0 Å². The lowest BCUT2D eigenvalue weighted by Crippen LogP contribution is -2.25. The van der Waals surface area contributed by atoms with Crippen LogP contribution in [0.4, 0.5) is 0 Å². The van der Waals surface area contributed by atoms with Crippen LogP contribution in [0.25, 0.3) is 0 Å². The van der Waals surface area contributed by atoms with Crippen molar-refractivity contribution in [2.24, 2.45) is 5.92 Å². The Kier molecular flexibility index (Phi) is 5.68. The number of aliphatic hydroxyl groups is 1. The smallest absolute Gasteiger partial charge is 0.161 e. The van der Waals surface area contributed by atoms with Crippen LogP contribution >= 0.6 is 0 Å². The average molecular weight is 279 g/mol. The van der Waals surface area contributed by atoms with E-state index in [0.717, 1.165) is 18.2 Å². The topological polar surface area (TPSA) is 50.7 Å².